The molecule has 39 heavy (non-hydrogen) atoms. The van der Waals surface area contributed by atoms with Crippen LogP contribution in [0.2, 0.25) is 5.02 Å². The Balaban J connectivity index is 1.44. The highest BCUT2D eigenvalue weighted by atomic mass is 35.5. The Bertz CT molecular complexity index is 1460. The van der Waals surface area contributed by atoms with Gasteiger partial charge in [-0.1, -0.05) is 49.7 Å². The molecule has 2 aliphatic heterocycles. The van der Waals surface area contributed by atoms with Crippen molar-refractivity contribution in [3.63, 3.8) is 0 Å². The Morgan fingerprint density at radius 2 is 1.72 bits per heavy atom. The number of rotatable bonds is 8. The van der Waals surface area contributed by atoms with E-state index >= 15 is 0 Å². The molecular weight excluding hydrogens is 522 g/mol. The van der Waals surface area contributed by atoms with Gasteiger partial charge in [-0.05, 0) is 47.9 Å². The van der Waals surface area contributed by atoms with Crippen LogP contribution in [-0.2, 0) is 20.9 Å². The molecule has 0 radical (unpaired) electrons. The van der Waals surface area contributed by atoms with Crippen molar-refractivity contribution in [1.82, 2.24) is 4.90 Å². The number of halogens is 1. The van der Waals surface area contributed by atoms with Crippen LogP contribution in [0.3, 0.4) is 0 Å². The fourth-order valence-corrected chi connectivity index (χ4v) is 4.88. The summed E-state index contributed by atoms with van der Waals surface area (Å²) in [5.74, 6) is -1.53. The molecule has 1 N–H and O–H groups in total. The zero-order valence-corrected chi connectivity index (χ0v) is 22.1. The van der Waals surface area contributed by atoms with Gasteiger partial charge in [0.05, 0.1) is 11.3 Å². The number of carbonyl (C=O) groups is 4. The van der Waals surface area contributed by atoms with E-state index in [0.29, 0.717) is 27.9 Å². The third-order valence-electron chi connectivity index (χ3n) is 6.63. The maximum atomic E-state index is 13.9. The molecule has 3 aromatic carbocycles. The zero-order valence-electron chi connectivity index (χ0n) is 21.3. The molecule has 0 aromatic heterocycles. The van der Waals surface area contributed by atoms with E-state index in [2.05, 4.69) is 5.32 Å². The molecule has 0 saturated heterocycles. The van der Waals surface area contributed by atoms with E-state index in [1.54, 1.807) is 66.7 Å². The first-order valence-corrected chi connectivity index (χ1v) is 12.8. The summed E-state index contributed by atoms with van der Waals surface area (Å²) >= 11 is 6.06. The van der Waals surface area contributed by atoms with Crippen LogP contribution in [0, 0.1) is 5.92 Å². The summed E-state index contributed by atoms with van der Waals surface area (Å²) in [7, 11) is 0. The molecule has 1 unspecified atom stereocenters. The molecule has 0 fully saturated rings. The maximum Gasteiger partial charge on any atom is 0.299 e. The second-order valence-electron chi connectivity index (χ2n) is 9.63. The molecule has 3 aromatic rings. The van der Waals surface area contributed by atoms with Gasteiger partial charge in [-0.15, -0.1) is 0 Å². The topological polar surface area (TPSA) is 105 Å². The van der Waals surface area contributed by atoms with Gasteiger partial charge in [0, 0.05) is 23.3 Å². The van der Waals surface area contributed by atoms with Crippen LogP contribution in [0.25, 0.3) is 0 Å². The van der Waals surface area contributed by atoms with Crippen LogP contribution in [0.5, 0.6) is 11.5 Å². The summed E-state index contributed by atoms with van der Waals surface area (Å²) < 4.78 is 10.8. The SMILES string of the molecule is CC(C)C(C(=O)Nc1ccc2c(c1)OCO2)N(Cc1ccc(Cl)cc1)C(=O)CN1C(=O)C(=O)c2ccccc21. The second-order valence-corrected chi connectivity index (χ2v) is 10.1. The number of amides is 3. The molecule has 3 amide bonds. The standard InChI is InChI=1S/C29H26ClN3O6/c1-17(2)26(28(36)31-20-11-12-23-24(13-20)39-16-38-23)33(14-18-7-9-19(30)10-8-18)25(34)15-32-22-6-4-3-5-21(22)27(35)29(32)37/h3-13,17,26H,14-16H2,1-2H3,(H,31,36). The van der Waals surface area contributed by atoms with Gasteiger partial charge >= 0.3 is 0 Å². The first-order chi connectivity index (χ1) is 18.7. The number of ketones is 1. The lowest BCUT2D eigenvalue weighted by Gasteiger charge is -2.34. The highest BCUT2D eigenvalue weighted by Crippen LogP contribution is 2.34. The van der Waals surface area contributed by atoms with Crippen molar-refractivity contribution in [2.45, 2.75) is 26.4 Å². The molecule has 9 nitrogen and oxygen atoms in total. The van der Waals surface area contributed by atoms with E-state index in [1.165, 1.54) is 9.80 Å². The van der Waals surface area contributed by atoms with Crippen LogP contribution in [0.1, 0.15) is 29.8 Å². The molecule has 5 rings (SSSR count). The van der Waals surface area contributed by atoms with E-state index < -0.39 is 36.1 Å². The largest absolute Gasteiger partial charge is 0.454 e. The number of para-hydroxylation sites is 1. The highest BCUT2D eigenvalue weighted by Gasteiger charge is 2.39. The van der Waals surface area contributed by atoms with Crippen LogP contribution in [0.15, 0.2) is 66.7 Å². The number of ether oxygens (including phenoxy) is 2. The molecule has 0 bridgehead atoms. The summed E-state index contributed by atoms with van der Waals surface area (Å²) in [6.45, 7) is 3.48. The predicted molar refractivity (Wildman–Crippen MR) is 145 cm³/mol. The summed E-state index contributed by atoms with van der Waals surface area (Å²) in [6, 6.07) is 17.7. The number of anilines is 2. The Hall–Kier alpha value is -4.37. The first kappa shape index (κ1) is 26.2. The van der Waals surface area contributed by atoms with E-state index in [-0.39, 0.29) is 24.8 Å². The number of benzene rings is 3. The van der Waals surface area contributed by atoms with Crippen LogP contribution in [-0.4, -0.2) is 47.8 Å². The predicted octanol–water partition coefficient (Wildman–Crippen LogP) is 4.29. The monoisotopic (exact) mass is 547 g/mol. The van der Waals surface area contributed by atoms with Crippen molar-refractivity contribution in [2.75, 3.05) is 23.6 Å². The smallest absolute Gasteiger partial charge is 0.299 e. The highest BCUT2D eigenvalue weighted by molar-refractivity contribution is 6.52. The molecule has 0 aliphatic carbocycles. The lowest BCUT2D eigenvalue weighted by Crippen LogP contribution is -2.53. The molecule has 200 valence electrons. The minimum Gasteiger partial charge on any atom is -0.454 e. The maximum absolute atomic E-state index is 13.9. The van der Waals surface area contributed by atoms with Gasteiger partial charge < -0.3 is 19.7 Å². The molecule has 0 spiro atoms. The van der Waals surface area contributed by atoms with Gasteiger partial charge in [0.2, 0.25) is 18.6 Å². The fourth-order valence-electron chi connectivity index (χ4n) is 4.75. The molecule has 2 heterocycles. The minimum atomic E-state index is -0.901. The Kier molecular flexibility index (Phi) is 7.26. The Morgan fingerprint density at radius 3 is 2.46 bits per heavy atom. The van der Waals surface area contributed by atoms with Crippen molar-refractivity contribution in [3.8, 4) is 11.5 Å². The second kappa shape index (κ2) is 10.8. The average molecular weight is 548 g/mol. The van der Waals surface area contributed by atoms with Gasteiger partial charge in [-0.3, -0.25) is 24.1 Å². The van der Waals surface area contributed by atoms with Crippen LogP contribution >= 0.6 is 11.6 Å². The fraction of sp³-hybridized carbons (Fsp3) is 0.241. The number of nitrogens with zero attached hydrogens (tertiary/aromatic N) is 2. The summed E-state index contributed by atoms with van der Waals surface area (Å²) in [6.07, 6.45) is 0. The van der Waals surface area contributed by atoms with E-state index in [4.69, 9.17) is 21.1 Å². The van der Waals surface area contributed by atoms with Crippen molar-refractivity contribution in [3.05, 3.63) is 82.9 Å². The molecule has 0 saturated carbocycles. The summed E-state index contributed by atoms with van der Waals surface area (Å²) in [5, 5.41) is 3.42. The normalized spacial score (nSPS) is 14.4. The minimum absolute atomic E-state index is 0.0883. The van der Waals surface area contributed by atoms with Gasteiger partial charge in [-0.25, -0.2) is 0 Å². The Morgan fingerprint density at radius 1 is 1.00 bits per heavy atom. The number of carbonyl (C=O) groups excluding carboxylic acids is 4. The van der Waals surface area contributed by atoms with Gasteiger partial charge in [0.1, 0.15) is 12.6 Å². The van der Waals surface area contributed by atoms with Crippen molar-refractivity contribution < 1.29 is 28.7 Å². The first-order valence-electron chi connectivity index (χ1n) is 12.4. The molecule has 2 aliphatic rings. The van der Waals surface area contributed by atoms with Gasteiger partial charge in [0.25, 0.3) is 11.7 Å². The number of hydrogen-bond donors (Lipinski definition) is 1. The van der Waals surface area contributed by atoms with Crippen molar-refractivity contribution in [1.29, 1.82) is 0 Å². The van der Waals surface area contributed by atoms with E-state index in [0.717, 1.165) is 5.56 Å². The number of Topliss-reactive ketones (excluding diaryl/α,β-unsaturated/α-hetero) is 1. The lowest BCUT2D eigenvalue weighted by molar-refractivity contribution is -0.140. The van der Waals surface area contributed by atoms with Crippen LogP contribution in [0.4, 0.5) is 11.4 Å². The van der Waals surface area contributed by atoms with Gasteiger partial charge in [-0.2, -0.15) is 0 Å². The lowest BCUT2D eigenvalue weighted by atomic mass is 10.00. The molecule has 1 atom stereocenters. The number of hydrogen-bond acceptors (Lipinski definition) is 6. The quantitative estimate of drug-likeness (QED) is 0.422. The van der Waals surface area contributed by atoms with Crippen molar-refractivity contribution >= 4 is 46.5 Å². The van der Waals surface area contributed by atoms with Crippen LogP contribution < -0.4 is 19.7 Å². The zero-order chi connectivity index (χ0) is 27.7. The average Bonchev–Trinajstić information content (AvgIpc) is 3.47. The third-order valence-corrected chi connectivity index (χ3v) is 6.89. The third kappa shape index (κ3) is 5.31. The number of fused-ring (bicyclic) bond motifs is 2. The Labute approximate surface area is 230 Å². The van der Waals surface area contributed by atoms with E-state index in [1.807, 2.05) is 13.8 Å². The van der Waals surface area contributed by atoms with Gasteiger partial charge in [0.15, 0.2) is 11.5 Å². The molecular formula is C29H26ClN3O6. The molecule has 10 heteroatoms. The van der Waals surface area contributed by atoms with E-state index in [9.17, 15) is 19.2 Å². The summed E-state index contributed by atoms with van der Waals surface area (Å²) in [4.78, 5) is 55.4. The van der Waals surface area contributed by atoms with Crippen molar-refractivity contribution in [2.24, 2.45) is 5.92 Å². The number of nitrogens with one attached hydrogen (secondary N) is 1. The summed E-state index contributed by atoms with van der Waals surface area (Å²) in [5.41, 5.74) is 1.86.